The van der Waals surface area contributed by atoms with E-state index in [0.717, 1.165) is 30.9 Å². The topological polar surface area (TPSA) is 61.9 Å². The molecule has 1 aliphatic heterocycles. The molecule has 0 radical (unpaired) electrons. The minimum Gasteiger partial charge on any atom is -0.341 e. The molecule has 1 aromatic rings. The standard InChI is InChI=1S/C13H18N4O/c1-10-6-11(2)17(15-10)5-3-4-16-9-12(8-14)7-13(16)18/h6,12H,3-5,7,9H2,1-2H3. The molecule has 0 aromatic carbocycles. The van der Waals surface area contributed by atoms with Crippen LogP contribution in [-0.2, 0) is 11.3 Å². The second-order valence-electron chi connectivity index (χ2n) is 4.87. The molecule has 2 heterocycles. The van der Waals surface area contributed by atoms with Crippen molar-refractivity contribution in [3.8, 4) is 6.07 Å². The van der Waals surface area contributed by atoms with Crippen molar-refractivity contribution >= 4 is 5.91 Å². The number of amides is 1. The van der Waals surface area contributed by atoms with Crippen LogP contribution in [0.4, 0.5) is 0 Å². The summed E-state index contributed by atoms with van der Waals surface area (Å²) in [5.41, 5.74) is 2.17. The second-order valence-corrected chi connectivity index (χ2v) is 4.87. The lowest BCUT2D eigenvalue weighted by atomic mass is 10.1. The maximum Gasteiger partial charge on any atom is 0.224 e. The third-order valence-corrected chi connectivity index (χ3v) is 3.30. The monoisotopic (exact) mass is 246 g/mol. The SMILES string of the molecule is Cc1cc(C)n(CCCN2CC(C#N)CC2=O)n1. The van der Waals surface area contributed by atoms with Crippen molar-refractivity contribution in [3.63, 3.8) is 0 Å². The van der Waals surface area contributed by atoms with Crippen LogP contribution in [0.3, 0.4) is 0 Å². The minimum absolute atomic E-state index is 0.106. The average Bonchev–Trinajstić information content (AvgIpc) is 2.83. The highest BCUT2D eigenvalue weighted by molar-refractivity contribution is 5.79. The van der Waals surface area contributed by atoms with E-state index in [9.17, 15) is 4.79 Å². The summed E-state index contributed by atoms with van der Waals surface area (Å²) in [7, 11) is 0. The molecule has 1 aliphatic rings. The highest BCUT2D eigenvalue weighted by Crippen LogP contribution is 2.17. The van der Waals surface area contributed by atoms with Crippen molar-refractivity contribution in [2.75, 3.05) is 13.1 Å². The van der Waals surface area contributed by atoms with Crippen LogP contribution in [0, 0.1) is 31.1 Å². The molecule has 96 valence electrons. The van der Waals surface area contributed by atoms with Crippen molar-refractivity contribution in [3.05, 3.63) is 17.5 Å². The summed E-state index contributed by atoms with van der Waals surface area (Å²) in [6, 6.07) is 4.21. The molecule has 0 spiro atoms. The number of hydrogen-bond donors (Lipinski definition) is 0. The van der Waals surface area contributed by atoms with Crippen LogP contribution in [0.1, 0.15) is 24.2 Å². The van der Waals surface area contributed by atoms with E-state index in [0.29, 0.717) is 13.0 Å². The van der Waals surface area contributed by atoms with Crippen molar-refractivity contribution in [2.24, 2.45) is 5.92 Å². The molecule has 1 saturated heterocycles. The summed E-state index contributed by atoms with van der Waals surface area (Å²) in [5, 5.41) is 13.2. The van der Waals surface area contributed by atoms with Crippen LogP contribution in [0.15, 0.2) is 6.07 Å². The van der Waals surface area contributed by atoms with Gasteiger partial charge in [-0.05, 0) is 26.3 Å². The zero-order chi connectivity index (χ0) is 13.1. The molecule has 5 heteroatoms. The van der Waals surface area contributed by atoms with Gasteiger partial charge in [0.15, 0.2) is 0 Å². The molecule has 1 aromatic heterocycles. The number of nitriles is 1. The molecular formula is C13H18N4O. The summed E-state index contributed by atoms with van der Waals surface area (Å²) in [4.78, 5) is 13.4. The predicted octanol–water partition coefficient (Wildman–Crippen LogP) is 1.26. The number of aryl methyl sites for hydroxylation is 3. The third kappa shape index (κ3) is 2.70. The Bertz CT molecular complexity index is 486. The Morgan fingerprint density at radius 1 is 1.50 bits per heavy atom. The van der Waals surface area contributed by atoms with Crippen molar-refractivity contribution in [1.29, 1.82) is 5.26 Å². The fourth-order valence-corrected chi connectivity index (χ4v) is 2.39. The first-order chi connectivity index (χ1) is 8.60. The van der Waals surface area contributed by atoms with Gasteiger partial charge in [-0.15, -0.1) is 0 Å². The van der Waals surface area contributed by atoms with E-state index in [1.807, 2.05) is 24.6 Å². The molecule has 2 rings (SSSR count). The number of aromatic nitrogens is 2. The van der Waals surface area contributed by atoms with Crippen LogP contribution in [0.5, 0.6) is 0 Å². The lowest BCUT2D eigenvalue weighted by Crippen LogP contribution is -2.27. The number of carbonyl (C=O) groups excluding carboxylic acids is 1. The van der Waals surface area contributed by atoms with Gasteiger partial charge >= 0.3 is 0 Å². The van der Waals surface area contributed by atoms with Crippen molar-refractivity contribution in [1.82, 2.24) is 14.7 Å². The average molecular weight is 246 g/mol. The zero-order valence-corrected chi connectivity index (χ0v) is 10.9. The molecule has 1 unspecified atom stereocenters. The molecule has 0 saturated carbocycles. The highest BCUT2D eigenvalue weighted by Gasteiger charge is 2.28. The lowest BCUT2D eigenvalue weighted by Gasteiger charge is -2.15. The Balaban J connectivity index is 1.81. The summed E-state index contributed by atoms with van der Waals surface area (Å²) in [5.74, 6) is -0.0129. The summed E-state index contributed by atoms with van der Waals surface area (Å²) >= 11 is 0. The Morgan fingerprint density at radius 2 is 2.28 bits per heavy atom. The van der Waals surface area contributed by atoms with E-state index in [1.54, 1.807) is 4.90 Å². The van der Waals surface area contributed by atoms with E-state index in [4.69, 9.17) is 5.26 Å². The number of hydrogen-bond acceptors (Lipinski definition) is 3. The fourth-order valence-electron chi connectivity index (χ4n) is 2.39. The molecule has 0 N–H and O–H groups in total. The lowest BCUT2D eigenvalue weighted by molar-refractivity contribution is -0.127. The van der Waals surface area contributed by atoms with Crippen LogP contribution in [-0.4, -0.2) is 33.7 Å². The first-order valence-electron chi connectivity index (χ1n) is 6.28. The molecule has 1 atom stereocenters. The van der Waals surface area contributed by atoms with Crippen molar-refractivity contribution < 1.29 is 4.79 Å². The smallest absolute Gasteiger partial charge is 0.224 e. The van der Waals surface area contributed by atoms with Gasteiger partial charge in [-0.3, -0.25) is 9.48 Å². The first kappa shape index (κ1) is 12.6. The quantitative estimate of drug-likeness (QED) is 0.803. The second kappa shape index (κ2) is 5.21. The van der Waals surface area contributed by atoms with Gasteiger partial charge in [0.05, 0.1) is 17.7 Å². The van der Waals surface area contributed by atoms with Crippen LogP contribution < -0.4 is 0 Å². The summed E-state index contributed by atoms with van der Waals surface area (Å²) in [6.07, 6.45) is 1.27. The van der Waals surface area contributed by atoms with Crippen LogP contribution in [0.2, 0.25) is 0 Å². The number of rotatable bonds is 4. The van der Waals surface area contributed by atoms with E-state index in [-0.39, 0.29) is 11.8 Å². The highest BCUT2D eigenvalue weighted by atomic mass is 16.2. The van der Waals surface area contributed by atoms with E-state index < -0.39 is 0 Å². The van der Waals surface area contributed by atoms with Gasteiger partial charge in [0, 0.05) is 31.7 Å². The van der Waals surface area contributed by atoms with Gasteiger partial charge in [-0.25, -0.2) is 0 Å². The number of carbonyl (C=O) groups is 1. The molecule has 5 nitrogen and oxygen atoms in total. The summed E-state index contributed by atoms with van der Waals surface area (Å²) < 4.78 is 1.97. The molecular weight excluding hydrogens is 228 g/mol. The Morgan fingerprint density at radius 3 is 2.83 bits per heavy atom. The maximum atomic E-state index is 11.6. The van der Waals surface area contributed by atoms with Crippen LogP contribution in [0.25, 0.3) is 0 Å². The van der Waals surface area contributed by atoms with Crippen molar-refractivity contribution in [2.45, 2.75) is 33.2 Å². The normalized spacial score (nSPS) is 19.3. The predicted molar refractivity (Wildman–Crippen MR) is 66.6 cm³/mol. The summed E-state index contributed by atoms with van der Waals surface area (Å²) in [6.45, 7) is 6.14. The Hall–Kier alpha value is -1.83. The number of likely N-dealkylation sites (tertiary alicyclic amines) is 1. The third-order valence-electron chi connectivity index (χ3n) is 3.30. The van der Waals surface area contributed by atoms with Gasteiger partial charge in [-0.2, -0.15) is 10.4 Å². The van der Waals surface area contributed by atoms with Gasteiger partial charge in [0.25, 0.3) is 0 Å². The van der Waals surface area contributed by atoms with Gasteiger partial charge in [0.2, 0.25) is 5.91 Å². The number of nitrogens with zero attached hydrogens (tertiary/aromatic N) is 4. The Kier molecular flexibility index (Phi) is 3.66. The molecule has 1 fully saturated rings. The fraction of sp³-hybridized carbons (Fsp3) is 0.615. The molecule has 0 aliphatic carbocycles. The Labute approximate surface area is 107 Å². The molecule has 1 amide bonds. The van der Waals surface area contributed by atoms with E-state index in [1.165, 1.54) is 0 Å². The van der Waals surface area contributed by atoms with E-state index in [2.05, 4.69) is 11.2 Å². The first-order valence-corrected chi connectivity index (χ1v) is 6.28. The largest absolute Gasteiger partial charge is 0.341 e. The van der Waals surface area contributed by atoms with Crippen LogP contribution >= 0.6 is 0 Å². The molecule has 18 heavy (non-hydrogen) atoms. The van der Waals surface area contributed by atoms with E-state index >= 15 is 0 Å². The van der Waals surface area contributed by atoms with Gasteiger partial charge in [-0.1, -0.05) is 0 Å². The maximum absolute atomic E-state index is 11.6. The zero-order valence-electron chi connectivity index (χ0n) is 10.9. The van der Waals surface area contributed by atoms with Gasteiger partial charge in [0.1, 0.15) is 0 Å². The molecule has 0 bridgehead atoms. The minimum atomic E-state index is -0.119. The van der Waals surface area contributed by atoms with Gasteiger partial charge < -0.3 is 4.90 Å².